The predicted octanol–water partition coefficient (Wildman–Crippen LogP) is 3.15. The van der Waals surface area contributed by atoms with Crippen molar-refractivity contribution in [3.05, 3.63) is 41.3 Å². The topological polar surface area (TPSA) is 24.9 Å². The molecule has 94 valence electrons. The van der Waals surface area contributed by atoms with Crippen LogP contribution in [0.4, 0.5) is 4.39 Å². The third-order valence-electron chi connectivity index (χ3n) is 3.76. The molecule has 1 N–H and O–H groups in total. The van der Waals surface area contributed by atoms with Crippen LogP contribution in [0.15, 0.2) is 24.3 Å². The fourth-order valence-electron chi connectivity index (χ4n) is 2.79. The predicted molar refractivity (Wildman–Crippen MR) is 71.3 cm³/mol. The zero-order valence-corrected chi connectivity index (χ0v) is 10.5. The number of piperidine rings is 1. The quantitative estimate of drug-likeness (QED) is 0.833. The number of aromatic nitrogens is 1. The van der Waals surface area contributed by atoms with Gasteiger partial charge in [0, 0.05) is 11.1 Å². The second-order valence-corrected chi connectivity index (χ2v) is 5.01. The van der Waals surface area contributed by atoms with Gasteiger partial charge in [-0.05, 0) is 56.5 Å². The first kappa shape index (κ1) is 11.6. The van der Waals surface area contributed by atoms with Crippen LogP contribution in [0.2, 0.25) is 0 Å². The molecule has 0 aliphatic carbocycles. The summed E-state index contributed by atoms with van der Waals surface area (Å²) in [5, 5.41) is 4.34. The Labute approximate surface area is 106 Å². The Morgan fingerprint density at radius 1 is 1.17 bits per heavy atom. The van der Waals surface area contributed by atoms with Crippen LogP contribution < -0.4 is 5.32 Å². The lowest BCUT2D eigenvalue weighted by Crippen LogP contribution is -2.26. The molecule has 0 spiro atoms. The third-order valence-corrected chi connectivity index (χ3v) is 3.76. The number of fused-ring (bicyclic) bond motifs is 1. The lowest BCUT2D eigenvalue weighted by molar-refractivity contribution is 0.462. The molecule has 1 aromatic heterocycles. The van der Waals surface area contributed by atoms with E-state index in [0.29, 0.717) is 11.4 Å². The zero-order chi connectivity index (χ0) is 12.5. The van der Waals surface area contributed by atoms with Crippen molar-refractivity contribution >= 4 is 10.9 Å². The summed E-state index contributed by atoms with van der Waals surface area (Å²) in [6.07, 6.45) is 2.24. The average Bonchev–Trinajstić information content (AvgIpc) is 2.41. The van der Waals surface area contributed by atoms with Gasteiger partial charge in [-0.25, -0.2) is 4.39 Å². The highest BCUT2D eigenvalue weighted by Gasteiger charge is 2.18. The SMILES string of the molecule is Cc1ccc2c(C3CCNCC3)ccc(F)c2n1. The Balaban J connectivity index is 2.14. The number of nitrogens with one attached hydrogen (secondary N) is 1. The van der Waals surface area contributed by atoms with Crippen molar-refractivity contribution in [1.29, 1.82) is 0 Å². The summed E-state index contributed by atoms with van der Waals surface area (Å²) in [6.45, 7) is 3.99. The van der Waals surface area contributed by atoms with Gasteiger partial charge in [0.1, 0.15) is 11.3 Å². The van der Waals surface area contributed by atoms with Crippen LogP contribution in [0.3, 0.4) is 0 Å². The third kappa shape index (κ3) is 1.99. The van der Waals surface area contributed by atoms with Crippen molar-refractivity contribution < 1.29 is 4.39 Å². The standard InChI is InChI=1S/C15H17FN2/c1-10-2-3-13-12(11-6-8-17-9-7-11)4-5-14(16)15(13)18-10/h2-5,11,17H,6-9H2,1H3. The first-order chi connectivity index (χ1) is 8.75. The van der Waals surface area contributed by atoms with E-state index in [1.165, 1.54) is 5.56 Å². The van der Waals surface area contributed by atoms with Crippen molar-refractivity contribution in [3.63, 3.8) is 0 Å². The molecule has 3 rings (SSSR count). The molecule has 2 aromatic rings. The molecule has 1 aliphatic rings. The van der Waals surface area contributed by atoms with Crippen LogP contribution >= 0.6 is 0 Å². The first-order valence-corrected chi connectivity index (χ1v) is 6.52. The highest BCUT2D eigenvalue weighted by molar-refractivity contribution is 5.83. The molecule has 0 amide bonds. The maximum absolute atomic E-state index is 13.8. The molecule has 0 saturated carbocycles. The summed E-state index contributed by atoms with van der Waals surface area (Å²) in [5.41, 5.74) is 2.63. The Bertz CT molecular complexity index is 574. The number of pyridine rings is 1. The van der Waals surface area contributed by atoms with E-state index < -0.39 is 0 Å². The summed E-state index contributed by atoms with van der Waals surface area (Å²) in [6, 6.07) is 7.47. The summed E-state index contributed by atoms with van der Waals surface area (Å²) >= 11 is 0. The lowest BCUT2D eigenvalue weighted by atomic mass is 9.87. The number of hydrogen-bond acceptors (Lipinski definition) is 2. The van der Waals surface area contributed by atoms with Crippen LogP contribution in [0.5, 0.6) is 0 Å². The molecule has 1 aromatic carbocycles. The fourth-order valence-corrected chi connectivity index (χ4v) is 2.79. The number of hydrogen-bond donors (Lipinski definition) is 1. The van der Waals surface area contributed by atoms with E-state index in [9.17, 15) is 4.39 Å². The van der Waals surface area contributed by atoms with E-state index >= 15 is 0 Å². The second-order valence-electron chi connectivity index (χ2n) is 5.01. The van der Waals surface area contributed by atoms with Gasteiger partial charge in [-0.3, -0.25) is 4.98 Å². The molecular weight excluding hydrogens is 227 g/mol. The summed E-state index contributed by atoms with van der Waals surface area (Å²) in [7, 11) is 0. The van der Waals surface area contributed by atoms with Crippen LogP contribution in [0.25, 0.3) is 10.9 Å². The van der Waals surface area contributed by atoms with E-state index in [1.54, 1.807) is 6.07 Å². The molecule has 1 fully saturated rings. The van der Waals surface area contributed by atoms with Crippen molar-refractivity contribution in [2.75, 3.05) is 13.1 Å². The molecule has 2 nitrogen and oxygen atoms in total. The number of nitrogens with zero attached hydrogens (tertiary/aromatic N) is 1. The smallest absolute Gasteiger partial charge is 0.149 e. The van der Waals surface area contributed by atoms with Gasteiger partial charge in [-0.15, -0.1) is 0 Å². The molecule has 18 heavy (non-hydrogen) atoms. The molecular formula is C15H17FN2. The van der Waals surface area contributed by atoms with Crippen LogP contribution in [-0.2, 0) is 0 Å². The highest BCUT2D eigenvalue weighted by Crippen LogP contribution is 2.31. The summed E-state index contributed by atoms with van der Waals surface area (Å²) < 4.78 is 13.8. The van der Waals surface area contributed by atoms with E-state index in [0.717, 1.165) is 37.0 Å². The van der Waals surface area contributed by atoms with Gasteiger partial charge < -0.3 is 5.32 Å². The molecule has 1 aliphatic heterocycles. The average molecular weight is 244 g/mol. The molecule has 1 saturated heterocycles. The van der Waals surface area contributed by atoms with Gasteiger partial charge in [0.25, 0.3) is 0 Å². The zero-order valence-electron chi connectivity index (χ0n) is 10.5. The van der Waals surface area contributed by atoms with Gasteiger partial charge in [0.2, 0.25) is 0 Å². The number of halogens is 1. The van der Waals surface area contributed by atoms with Gasteiger partial charge in [0.15, 0.2) is 0 Å². The second kappa shape index (κ2) is 4.65. The number of rotatable bonds is 1. The van der Waals surface area contributed by atoms with Crippen molar-refractivity contribution in [3.8, 4) is 0 Å². The van der Waals surface area contributed by atoms with Crippen molar-refractivity contribution in [1.82, 2.24) is 10.3 Å². The minimum Gasteiger partial charge on any atom is -0.317 e. The van der Waals surface area contributed by atoms with Crippen molar-refractivity contribution in [2.45, 2.75) is 25.7 Å². The fraction of sp³-hybridized carbons (Fsp3) is 0.400. The highest BCUT2D eigenvalue weighted by atomic mass is 19.1. The van der Waals surface area contributed by atoms with Crippen LogP contribution in [-0.4, -0.2) is 18.1 Å². The van der Waals surface area contributed by atoms with E-state index in [2.05, 4.69) is 10.3 Å². The molecule has 3 heteroatoms. The Morgan fingerprint density at radius 2 is 1.94 bits per heavy atom. The number of aryl methyl sites for hydroxylation is 1. The Hall–Kier alpha value is -1.48. The first-order valence-electron chi connectivity index (χ1n) is 6.52. The normalized spacial score (nSPS) is 17.2. The van der Waals surface area contributed by atoms with E-state index in [-0.39, 0.29) is 5.82 Å². The lowest BCUT2D eigenvalue weighted by Gasteiger charge is -2.24. The molecule has 0 unspecified atom stereocenters. The molecule has 0 atom stereocenters. The van der Waals surface area contributed by atoms with Gasteiger partial charge >= 0.3 is 0 Å². The number of benzene rings is 1. The largest absolute Gasteiger partial charge is 0.317 e. The molecule has 0 bridgehead atoms. The monoisotopic (exact) mass is 244 g/mol. The van der Waals surface area contributed by atoms with Gasteiger partial charge in [-0.1, -0.05) is 12.1 Å². The maximum atomic E-state index is 13.8. The minimum atomic E-state index is -0.216. The maximum Gasteiger partial charge on any atom is 0.149 e. The van der Waals surface area contributed by atoms with Gasteiger partial charge in [0.05, 0.1) is 0 Å². The summed E-state index contributed by atoms with van der Waals surface area (Å²) in [5.74, 6) is 0.310. The molecule has 0 radical (unpaired) electrons. The van der Waals surface area contributed by atoms with Gasteiger partial charge in [-0.2, -0.15) is 0 Å². The molecule has 2 heterocycles. The van der Waals surface area contributed by atoms with Crippen LogP contribution in [0.1, 0.15) is 30.0 Å². The van der Waals surface area contributed by atoms with Crippen LogP contribution in [0, 0.1) is 12.7 Å². The van der Waals surface area contributed by atoms with E-state index in [1.807, 2.05) is 25.1 Å². The Kier molecular flexibility index (Phi) is 3.00. The van der Waals surface area contributed by atoms with Crippen molar-refractivity contribution in [2.24, 2.45) is 0 Å². The summed E-state index contributed by atoms with van der Waals surface area (Å²) in [4.78, 5) is 4.34. The Morgan fingerprint density at radius 3 is 2.72 bits per heavy atom. The minimum absolute atomic E-state index is 0.216. The van der Waals surface area contributed by atoms with E-state index in [4.69, 9.17) is 0 Å².